The van der Waals surface area contributed by atoms with Crippen molar-refractivity contribution in [3.8, 4) is 0 Å². The number of fused-ring (bicyclic) bond motifs is 1. The number of hydrogen-bond acceptors (Lipinski definition) is 5. The van der Waals surface area contributed by atoms with Crippen molar-refractivity contribution in [1.29, 1.82) is 0 Å². The second kappa shape index (κ2) is 6.19. The summed E-state index contributed by atoms with van der Waals surface area (Å²) in [7, 11) is 0. The van der Waals surface area contributed by atoms with E-state index >= 15 is 0 Å². The highest BCUT2D eigenvalue weighted by Crippen LogP contribution is 2.29. The van der Waals surface area contributed by atoms with Crippen LogP contribution in [-0.2, 0) is 9.59 Å². The monoisotopic (exact) mass is 342 g/mol. The molecule has 0 radical (unpaired) electrons. The van der Waals surface area contributed by atoms with Crippen molar-refractivity contribution in [3.63, 3.8) is 0 Å². The summed E-state index contributed by atoms with van der Waals surface area (Å²) in [6.07, 6.45) is 1.72. The number of nitrogens with one attached hydrogen (secondary N) is 2. The SMILES string of the molecule is O=C1NC(=O)[C@H](CC(=O)N2CCC[C@H](c3nc4ccccc4o3)C2)N1. The molecule has 0 spiro atoms. The summed E-state index contributed by atoms with van der Waals surface area (Å²) in [5.41, 5.74) is 1.55. The number of amides is 4. The van der Waals surface area contributed by atoms with Gasteiger partial charge < -0.3 is 14.6 Å². The maximum Gasteiger partial charge on any atom is 0.322 e. The Morgan fingerprint density at radius 1 is 1.32 bits per heavy atom. The second-order valence-corrected chi connectivity index (χ2v) is 6.42. The van der Waals surface area contributed by atoms with E-state index in [1.54, 1.807) is 4.90 Å². The molecule has 2 aromatic rings. The standard InChI is InChI=1S/C17H18N4O4/c22-14(8-12-15(23)20-17(24)19-12)21-7-3-4-10(9-21)16-18-11-5-1-2-6-13(11)25-16/h1-2,5-6,10,12H,3-4,7-9H2,(H2,19,20,23,24)/t10-,12-/m0/s1. The molecule has 2 aliphatic heterocycles. The maximum atomic E-state index is 12.5. The van der Waals surface area contributed by atoms with E-state index in [-0.39, 0.29) is 18.2 Å². The van der Waals surface area contributed by atoms with E-state index in [9.17, 15) is 14.4 Å². The van der Waals surface area contributed by atoms with Gasteiger partial charge in [0.25, 0.3) is 5.91 Å². The number of nitrogens with zero attached hydrogens (tertiary/aromatic N) is 2. The topological polar surface area (TPSA) is 105 Å². The van der Waals surface area contributed by atoms with Gasteiger partial charge in [0, 0.05) is 13.1 Å². The maximum absolute atomic E-state index is 12.5. The first-order valence-electron chi connectivity index (χ1n) is 8.35. The molecule has 2 N–H and O–H groups in total. The number of rotatable bonds is 3. The molecule has 8 heteroatoms. The van der Waals surface area contributed by atoms with Crippen LogP contribution in [0.25, 0.3) is 11.1 Å². The third-order valence-corrected chi connectivity index (χ3v) is 4.67. The predicted molar refractivity (Wildman–Crippen MR) is 87.6 cm³/mol. The Morgan fingerprint density at radius 3 is 2.92 bits per heavy atom. The molecule has 2 fully saturated rings. The van der Waals surface area contributed by atoms with E-state index in [2.05, 4.69) is 15.6 Å². The molecule has 1 aromatic carbocycles. The number of likely N-dealkylation sites (tertiary alicyclic amines) is 1. The van der Waals surface area contributed by atoms with Gasteiger partial charge in [0.15, 0.2) is 11.5 Å². The molecule has 0 bridgehead atoms. The largest absolute Gasteiger partial charge is 0.440 e. The summed E-state index contributed by atoms with van der Waals surface area (Å²) in [6.45, 7) is 1.14. The number of benzene rings is 1. The summed E-state index contributed by atoms with van der Waals surface area (Å²) in [4.78, 5) is 41.5. The number of aromatic nitrogens is 1. The Hall–Kier alpha value is -2.90. The molecule has 0 unspecified atom stereocenters. The van der Waals surface area contributed by atoms with Crippen LogP contribution in [0, 0.1) is 0 Å². The quantitative estimate of drug-likeness (QED) is 0.814. The number of hydrogen-bond donors (Lipinski definition) is 2. The van der Waals surface area contributed by atoms with Crippen molar-refractivity contribution in [1.82, 2.24) is 20.5 Å². The molecule has 2 saturated heterocycles. The molecule has 8 nitrogen and oxygen atoms in total. The molecule has 2 aliphatic rings. The lowest BCUT2D eigenvalue weighted by Crippen LogP contribution is -2.43. The highest BCUT2D eigenvalue weighted by Gasteiger charge is 2.34. The van der Waals surface area contributed by atoms with Crippen LogP contribution in [0.3, 0.4) is 0 Å². The fourth-order valence-corrected chi connectivity index (χ4v) is 3.38. The van der Waals surface area contributed by atoms with E-state index in [4.69, 9.17) is 4.42 Å². The third kappa shape index (κ3) is 3.07. The van der Waals surface area contributed by atoms with Gasteiger partial charge in [0.1, 0.15) is 11.6 Å². The normalized spacial score (nSPS) is 23.6. The van der Waals surface area contributed by atoms with Gasteiger partial charge in [-0.3, -0.25) is 14.9 Å². The first kappa shape index (κ1) is 15.6. The molecule has 4 amide bonds. The van der Waals surface area contributed by atoms with Gasteiger partial charge >= 0.3 is 6.03 Å². The number of carbonyl (C=O) groups excluding carboxylic acids is 3. The van der Waals surface area contributed by atoms with E-state index < -0.39 is 18.0 Å². The van der Waals surface area contributed by atoms with Gasteiger partial charge in [0.2, 0.25) is 5.91 Å². The molecular weight excluding hydrogens is 324 g/mol. The van der Waals surface area contributed by atoms with Crippen molar-refractivity contribution >= 4 is 28.9 Å². The summed E-state index contributed by atoms with van der Waals surface area (Å²) in [5.74, 6) is 0.0803. The van der Waals surface area contributed by atoms with Crippen molar-refractivity contribution in [2.24, 2.45) is 0 Å². The minimum atomic E-state index is -0.787. The van der Waals surface area contributed by atoms with Crippen LogP contribution in [0.15, 0.2) is 28.7 Å². The molecule has 130 valence electrons. The van der Waals surface area contributed by atoms with Crippen molar-refractivity contribution in [3.05, 3.63) is 30.2 Å². The van der Waals surface area contributed by atoms with Crippen molar-refractivity contribution < 1.29 is 18.8 Å². The molecular formula is C17H18N4O4. The fourth-order valence-electron chi connectivity index (χ4n) is 3.38. The van der Waals surface area contributed by atoms with Gasteiger partial charge in [0.05, 0.1) is 12.3 Å². The predicted octanol–water partition coefficient (Wildman–Crippen LogP) is 1.13. The van der Waals surface area contributed by atoms with Gasteiger partial charge in [-0.15, -0.1) is 0 Å². The summed E-state index contributed by atoms with van der Waals surface area (Å²) >= 11 is 0. The molecule has 4 rings (SSSR count). The fraction of sp³-hybridized carbons (Fsp3) is 0.412. The van der Waals surface area contributed by atoms with Gasteiger partial charge in [-0.1, -0.05) is 12.1 Å². The van der Waals surface area contributed by atoms with Crippen LogP contribution in [0.1, 0.15) is 31.1 Å². The van der Waals surface area contributed by atoms with Gasteiger partial charge in [-0.2, -0.15) is 0 Å². The first-order chi connectivity index (χ1) is 12.1. The van der Waals surface area contributed by atoms with Gasteiger partial charge in [-0.25, -0.2) is 9.78 Å². The van der Waals surface area contributed by atoms with E-state index in [0.717, 1.165) is 23.9 Å². The first-order valence-corrected chi connectivity index (χ1v) is 8.35. The average Bonchev–Trinajstić information content (AvgIpc) is 3.18. The number of urea groups is 1. The zero-order valence-electron chi connectivity index (χ0n) is 13.5. The van der Waals surface area contributed by atoms with E-state index in [1.807, 2.05) is 24.3 Å². The smallest absolute Gasteiger partial charge is 0.322 e. The highest BCUT2D eigenvalue weighted by atomic mass is 16.3. The Morgan fingerprint density at radius 2 is 2.16 bits per heavy atom. The molecule has 2 atom stereocenters. The summed E-state index contributed by atoms with van der Waals surface area (Å²) < 4.78 is 5.83. The molecule has 1 aromatic heterocycles. The van der Waals surface area contributed by atoms with E-state index in [1.165, 1.54) is 0 Å². The van der Waals surface area contributed by atoms with Crippen LogP contribution in [0.2, 0.25) is 0 Å². The van der Waals surface area contributed by atoms with Gasteiger partial charge in [-0.05, 0) is 25.0 Å². The van der Waals surface area contributed by atoms with E-state index in [0.29, 0.717) is 19.0 Å². The Bertz CT molecular complexity index is 813. The van der Waals surface area contributed by atoms with Crippen molar-refractivity contribution in [2.75, 3.05) is 13.1 Å². The average molecular weight is 342 g/mol. The zero-order valence-corrected chi connectivity index (χ0v) is 13.5. The van der Waals surface area contributed by atoms with Crippen LogP contribution < -0.4 is 10.6 Å². The van der Waals surface area contributed by atoms with Crippen LogP contribution in [0.4, 0.5) is 4.79 Å². The van der Waals surface area contributed by atoms with Crippen LogP contribution in [0.5, 0.6) is 0 Å². The van der Waals surface area contributed by atoms with Crippen molar-refractivity contribution in [2.45, 2.75) is 31.2 Å². The summed E-state index contributed by atoms with van der Waals surface area (Å²) in [5, 5.41) is 4.60. The molecule has 0 aliphatic carbocycles. The number of piperidine rings is 1. The minimum absolute atomic E-state index is 0.0299. The Labute approximate surface area is 143 Å². The number of oxazole rings is 1. The van der Waals surface area contributed by atoms with Crippen LogP contribution >= 0.6 is 0 Å². The second-order valence-electron chi connectivity index (χ2n) is 6.42. The minimum Gasteiger partial charge on any atom is -0.440 e. The Balaban J connectivity index is 1.44. The lowest BCUT2D eigenvalue weighted by molar-refractivity contribution is -0.135. The molecule has 25 heavy (non-hydrogen) atoms. The lowest BCUT2D eigenvalue weighted by Gasteiger charge is -2.31. The molecule has 0 saturated carbocycles. The number of para-hydroxylation sites is 2. The van der Waals surface area contributed by atoms with Crippen LogP contribution in [-0.4, -0.2) is 46.9 Å². The lowest BCUT2D eigenvalue weighted by atomic mass is 9.97. The summed E-state index contributed by atoms with van der Waals surface area (Å²) in [6, 6.07) is 6.24. The number of carbonyl (C=O) groups is 3. The highest BCUT2D eigenvalue weighted by molar-refractivity contribution is 6.05. The molecule has 3 heterocycles. The third-order valence-electron chi connectivity index (χ3n) is 4.67. The zero-order chi connectivity index (χ0) is 17.4. The Kier molecular flexibility index (Phi) is 3.87. The number of imide groups is 1.